The Morgan fingerprint density at radius 1 is 1.41 bits per heavy atom. The predicted molar refractivity (Wildman–Crippen MR) is 70.7 cm³/mol. The SMILES string of the molecule is CCc1ccc2c(c1)C(O)C(N)C(C)(C)O2.Cl. The summed E-state index contributed by atoms with van der Waals surface area (Å²) in [6.07, 6.45) is 0.295. The van der Waals surface area contributed by atoms with Gasteiger partial charge in [-0.3, -0.25) is 0 Å². The van der Waals surface area contributed by atoms with E-state index in [9.17, 15) is 5.11 Å². The summed E-state index contributed by atoms with van der Waals surface area (Å²) in [5, 5.41) is 10.2. The number of fused-ring (bicyclic) bond motifs is 1. The van der Waals surface area contributed by atoms with Gasteiger partial charge in [0.2, 0.25) is 0 Å². The van der Waals surface area contributed by atoms with Gasteiger partial charge in [0.1, 0.15) is 17.5 Å². The second kappa shape index (κ2) is 4.84. The molecule has 0 aromatic heterocycles. The van der Waals surface area contributed by atoms with Gasteiger partial charge in [-0.2, -0.15) is 0 Å². The van der Waals surface area contributed by atoms with Gasteiger partial charge in [-0.25, -0.2) is 0 Å². The van der Waals surface area contributed by atoms with E-state index >= 15 is 0 Å². The lowest BCUT2D eigenvalue weighted by atomic mass is 9.86. The van der Waals surface area contributed by atoms with Crippen LogP contribution in [0.3, 0.4) is 0 Å². The van der Waals surface area contributed by atoms with Gasteiger partial charge >= 0.3 is 0 Å². The fourth-order valence-electron chi connectivity index (χ4n) is 2.07. The number of aliphatic hydroxyl groups is 1. The Kier molecular flexibility index (Phi) is 4.07. The van der Waals surface area contributed by atoms with Crippen LogP contribution in [0.1, 0.15) is 38.0 Å². The van der Waals surface area contributed by atoms with Crippen molar-refractivity contribution in [2.24, 2.45) is 5.73 Å². The van der Waals surface area contributed by atoms with Gasteiger partial charge < -0.3 is 15.6 Å². The predicted octanol–water partition coefficient (Wildman–Crippen LogP) is 2.20. The minimum absolute atomic E-state index is 0. The van der Waals surface area contributed by atoms with Crippen LogP contribution in [0.2, 0.25) is 0 Å². The number of aryl methyl sites for hydroxylation is 1. The molecule has 2 atom stereocenters. The van der Waals surface area contributed by atoms with Gasteiger partial charge in [-0.05, 0) is 38.0 Å². The maximum absolute atomic E-state index is 10.2. The summed E-state index contributed by atoms with van der Waals surface area (Å²) < 4.78 is 5.82. The number of hydrogen-bond acceptors (Lipinski definition) is 3. The number of aliphatic hydroxyl groups excluding tert-OH is 1. The standard InChI is InChI=1S/C13H19NO2.ClH/c1-4-8-5-6-10-9(7-8)11(15)12(14)13(2,3)16-10;/h5-7,11-12,15H,4,14H2,1-3H3;1H. The molecule has 0 amide bonds. The van der Waals surface area contributed by atoms with Gasteiger partial charge in [-0.1, -0.05) is 13.0 Å². The quantitative estimate of drug-likeness (QED) is 0.811. The average molecular weight is 258 g/mol. The van der Waals surface area contributed by atoms with E-state index in [0.717, 1.165) is 17.7 Å². The first-order valence-electron chi connectivity index (χ1n) is 5.71. The van der Waals surface area contributed by atoms with Gasteiger partial charge in [0.05, 0.1) is 6.04 Å². The molecule has 0 radical (unpaired) electrons. The number of nitrogens with two attached hydrogens (primary N) is 1. The zero-order valence-electron chi connectivity index (χ0n) is 10.4. The molecule has 1 aromatic rings. The lowest BCUT2D eigenvalue weighted by Gasteiger charge is -2.41. The van der Waals surface area contributed by atoms with Crippen molar-refractivity contribution in [3.63, 3.8) is 0 Å². The lowest BCUT2D eigenvalue weighted by molar-refractivity contribution is -0.0117. The van der Waals surface area contributed by atoms with Gasteiger partial charge in [0, 0.05) is 5.56 Å². The fourth-order valence-corrected chi connectivity index (χ4v) is 2.07. The Morgan fingerprint density at radius 3 is 2.65 bits per heavy atom. The maximum Gasteiger partial charge on any atom is 0.126 e. The second-order valence-electron chi connectivity index (χ2n) is 4.90. The van der Waals surface area contributed by atoms with Crippen LogP contribution >= 0.6 is 12.4 Å². The van der Waals surface area contributed by atoms with E-state index in [1.807, 2.05) is 32.0 Å². The van der Waals surface area contributed by atoms with Crippen LogP contribution in [0.5, 0.6) is 5.75 Å². The zero-order chi connectivity index (χ0) is 11.9. The molecule has 1 heterocycles. The van der Waals surface area contributed by atoms with E-state index in [-0.39, 0.29) is 12.4 Å². The molecule has 1 aliphatic rings. The molecule has 0 fully saturated rings. The highest BCUT2D eigenvalue weighted by molar-refractivity contribution is 5.85. The molecule has 0 spiro atoms. The molecule has 1 aromatic carbocycles. The molecule has 0 saturated heterocycles. The molecule has 96 valence electrons. The molecule has 3 N–H and O–H groups in total. The molecular weight excluding hydrogens is 238 g/mol. The van der Waals surface area contributed by atoms with Crippen molar-refractivity contribution in [2.75, 3.05) is 0 Å². The van der Waals surface area contributed by atoms with Gasteiger partial charge in [-0.15, -0.1) is 12.4 Å². The Labute approximate surface area is 108 Å². The van der Waals surface area contributed by atoms with Gasteiger partial charge in [0.25, 0.3) is 0 Å². The highest BCUT2D eigenvalue weighted by atomic mass is 35.5. The summed E-state index contributed by atoms with van der Waals surface area (Å²) in [5.41, 5.74) is 7.46. The number of halogens is 1. The molecular formula is C13H20ClNO2. The second-order valence-corrected chi connectivity index (χ2v) is 4.90. The van der Waals surface area contributed by atoms with E-state index in [1.54, 1.807) is 0 Å². The first-order valence-corrected chi connectivity index (χ1v) is 5.71. The van der Waals surface area contributed by atoms with Crippen molar-refractivity contribution >= 4 is 12.4 Å². The molecule has 3 nitrogen and oxygen atoms in total. The summed E-state index contributed by atoms with van der Waals surface area (Å²) in [7, 11) is 0. The largest absolute Gasteiger partial charge is 0.486 e. The van der Waals surface area contributed by atoms with Crippen LogP contribution in [-0.4, -0.2) is 16.7 Å². The summed E-state index contributed by atoms with van der Waals surface area (Å²) in [4.78, 5) is 0. The van der Waals surface area contributed by atoms with Crippen LogP contribution in [0.4, 0.5) is 0 Å². The number of rotatable bonds is 1. The highest BCUT2D eigenvalue weighted by Gasteiger charge is 2.40. The molecule has 2 unspecified atom stereocenters. The van der Waals surface area contributed by atoms with E-state index in [0.29, 0.717) is 0 Å². The summed E-state index contributed by atoms with van der Waals surface area (Å²) >= 11 is 0. The van der Waals surface area contributed by atoms with Crippen molar-refractivity contribution < 1.29 is 9.84 Å². The minimum Gasteiger partial charge on any atom is -0.486 e. The number of benzene rings is 1. The van der Waals surface area contributed by atoms with Crippen molar-refractivity contribution in [2.45, 2.75) is 44.9 Å². The zero-order valence-corrected chi connectivity index (χ0v) is 11.3. The smallest absolute Gasteiger partial charge is 0.126 e. The van der Waals surface area contributed by atoms with E-state index in [1.165, 1.54) is 5.56 Å². The third-order valence-electron chi connectivity index (χ3n) is 3.32. The third-order valence-corrected chi connectivity index (χ3v) is 3.32. The summed E-state index contributed by atoms with van der Waals surface area (Å²) in [6.45, 7) is 5.89. The fraction of sp³-hybridized carbons (Fsp3) is 0.538. The Morgan fingerprint density at radius 2 is 2.06 bits per heavy atom. The highest BCUT2D eigenvalue weighted by Crippen LogP contribution is 2.39. The maximum atomic E-state index is 10.2. The van der Waals surface area contributed by atoms with Crippen LogP contribution in [-0.2, 0) is 6.42 Å². The number of ether oxygens (including phenoxy) is 1. The molecule has 1 aliphatic heterocycles. The molecule has 2 rings (SSSR count). The average Bonchev–Trinajstić information content (AvgIpc) is 2.25. The lowest BCUT2D eigenvalue weighted by Crippen LogP contribution is -2.53. The number of hydrogen-bond donors (Lipinski definition) is 2. The molecule has 0 bridgehead atoms. The van der Waals surface area contributed by atoms with Crippen molar-refractivity contribution in [1.82, 2.24) is 0 Å². The Balaban J connectivity index is 0.00000144. The van der Waals surface area contributed by atoms with Crippen molar-refractivity contribution in [1.29, 1.82) is 0 Å². The third kappa shape index (κ3) is 2.41. The summed E-state index contributed by atoms with van der Waals surface area (Å²) in [6, 6.07) is 5.53. The van der Waals surface area contributed by atoms with E-state index in [2.05, 4.69) is 6.92 Å². The van der Waals surface area contributed by atoms with E-state index < -0.39 is 17.7 Å². The van der Waals surface area contributed by atoms with Crippen molar-refractivity contribution in [3.05, 3.63) is 29.3 Å². The minimum atomic E-state index is -0.648. The summed E-state index contributed by atoms with van der Waals surface area (Å²) in [5.74, 6) is 0.747. The monoisotopic (exact) mass is 257 g/mol. The Hall–Kier alpha value is -0.770. The first kappa shape index (κ1) is 14.3. The Bertz CT molecular complexity index is 406. The van der Waals surface area contributed by atoms with Crippen LogP contribution in [0.15, 0.2) is 18.2 Å². The van der Waals surface area contributed by atoms with Crippen LogP contribution < -0.4 is 10.5 Å². The first-order chi connectivity index (χ1) is 7.45. The normalized spacial score (nSPS) is 25.5. The molecule has 0 saturated carbocycles. The van der Waals surface area contributed by atoms with Gasteiger partial charge in [0.15, 0.2) is 0 Å². The molecule has 0 aliphatic carbocycles. The van der Waals surface area contributed by atoms with Crippen LogP contribution in [0, 0.1) is 0 Å². The topological polar surface area (TPSA) is 55.5 Å². The van der Waals surface area contributed by atoms with E-state index in [4.69, 9.17) is 10.5 Å². The molecule has 4 heteroatoms. The molecule has 17 heavy (non-hydrogen) atoms. The van der Waals surface area contributed by atoms with Crippen LogP contribution in [0.25, 0.3) is 0 Å². The van der Waals surface area contributed by atoms with Crippen molar-refractivity contribution in [3.8, 4) is 5.75 Å².